The fraction of sp³-hybridized carbons (Fsp3) is 0.375. The molecule has 0 saturated heterocycles. The number of carbonyl (C=O) groups excluding carboxylic acids is 2. The number of ether oxygens (including phenoxy) is 1. The Morgan fingerprint density at radius 3 is 2.58 bits per heavy atom. The van der Waals surface area contributed by atoms with Crippen LogP contribution >= 0.6 is 0 Å². The van der Waals surface area contributed by atoms with Crippen LogP contribution in [-0.4, -0.2) is 11.8 Å². The van der Waals surface area contributed by atoms with E-state index in [4.69, 9.17) is 4.74 Å². The number of hydrogen-bond donors (Lipinski definition) is 0. The van der Waals surface area contributed by atoms with Gasteiger partial charge in [0.1, 0.15) is 6.26 Å². The first kappa shape index (κ1) is 13.5. The van der Waals surface area contributed by atoms with Crippen LogP contribution in [0.4, 0.5) is 0 Å². The van der Waals surface area contributed by atoms with E-state index >= 15 is 0 Å². The van der Waals surface area contributed by atoms with E-state index < -0.39 is 5.97 Å². The highest BCUT2D eigenvalue weighted by molar-refractivity contribution is 5.97. The van der Waals surface area contributed by atoms with Crippen LogP contribution in [0.2, 0.25) is 0 Å². The number of Topliss-reactive ketones (excluding diaryl/α,β-unsaturated/α-hetero) is 1. The number of ketones is 1. The first-order valence-corrected chi connectivity index (χ1v) is 6.57. The topological polar surface area (TPSA) is 43.4 Å². The molecule has 0 bridgehead atoms. The van der Waals surface area contributed by atoms with Gasteiger partial charge in [-0.3, -0.25) is 4.79 Å². The van der Waals surface area contributed by atoms with E-state index in [1.807, 2.05) is 13.0 Å². The second-order valence-corrected chi connectivity index (χ2v) is 5.21. The van der Waals surface area contributed by atoms with E-state index in [-0.39, 0.29) is 11.7 Å². The van der Waals surface area contributed by atoms with E-state index in [0.717, 1.165) is 6.42 Å². The predicted molar refractivity (Wildman–Crippen MR) is 72.5 cm³/mol. The molecule has 0 aliphatic heterocycles. The summed E-state index contributed by atoms with van der Waals surface area (Å²) in [5.41, 5.74) is 1.12. The van der Waals surface area contributed by atoms with Gasteiger partial charge in [0.25, 0.3) is 0 Å². The van der Waals surface area contributed by atoms with Gasteiger partial charge < -0.3 is 4.74 Å². The van der Waals surface area contributed by atoms with Crippen molar-refractivity contribution in [3.8, 4) is 0 Å². The van der Waals surface area contributed by atoms with E-state index in [1.165, 1.54) is 6.26 Å². The van der Waals surface area contributed by atoms with Gasteiger partial charge in [0.15, 0.2) is 5.78 Å². The molecule has 2 unspecified atom stereocenters. The fourth-order valence-corrected chi connectivity index (χ4v) is 2.46. The van der Waals surface area contributed by atoms with E-state index in [0.29, 0.717) is 23.5 Å². The molecule has 1 aliphatic carbocycles. The minimum atomic E-state index is -0.424. The van der Waals surface area contributed by atoms with Crippen LogP contribution in [0, 0.1) is 11.8 Å². The van der Waals surface area contributed by atoms with E-state index in [1.54, 1.807) is 24.3 Å². The average molecular weight is 258 g/mol. The third-order valence-electron chi connectivity index (χ3n) is 3.45. The van der Waals surface area contributed by atoms with Crippen LogP contribution in [0.25, 0.3) is 0 Å². The Morgan fingerprint density at radius 1 is 1.26 bits per heavy atom. The van der Waals surface area contributed by atoms with Crippen LogP contribution in [0.1, 0.15) is 37.0 Å². The summed E-state index contributed by atoms with van der Waals surface area (Å²) >= 11 is 0. The van der Waals surface area contributed by atoms with E-state index in [9.17, 15) is 9.59 Å². The summed E-state index contributed by atoms with van der Waals surface area (Å²) in [7, 11) is 0. The van der Waals surface area contributed by atoms with Crippen LogP contribution in [0.5, 0.6) is 0 Å². The van der Waals surface area contributed by atoms with Crippen molar-refractivity contribution in [1.29, 1.82) is 0 Å². The molecule has 1 fully saturated rings. The quantitative estimate of drug-likeness (QED) is 0.464. The molecule has 0 radical (unpaired) electrons. The largest absolute Gasteiger partial charge is 0.430 e. The lowest BCUT2D eigenvalue weighted by molar-refractivity contribution is -0.118. The minimum Gasteiger partial charge on any atom is -0.430 e. The lowest BCUT2D eigenvalue weighted by Gasteiger charge is -2.25. The van der Waals surface area contributed by atoms with Crippen LogP contribution in [0.3, 0.4) is 0 Å². The summed E-state index contributed by atoms with van der Waals surface area (Å²) in [5.74, 6) is 0.225. The molecule has 100 valence electrons. The number of allylic oxidation sites excluding steroid dienone is 1. The molecule has 0 aromatic heterocycles. The zero-order valence-corrected chi connectivity index (χ0v) is 11.3. The van der Waals surface area contributed by atoms with Gasteiger partial charge in [0.2, 0.25) is 0 Å². The molecule has 3 nitrogen and oxygen atoms in total. The van der Waals surface area contributed by atoms with Gasteiger partial charge in [-0.25, -0.2) is 4.79 Å². The molecule has 0 heterocycles. The Hall–Kier alpha value is -1.90. The summed E-state index contributed by atoms with van der Waals surface area (Å²) in [6.07, 6.45) is 2.84. The standard InChI is InChI=1S/C16H18O3/c1-11-8-12(2)14(15(17)9-11)10-19-16(18)13-6-4-3-5-7-13/h3-7,10-12H,8-9H2,1-2H3/b14-10+. The molecule has 1 aromatic carbocycles. The Balaban J connectivity index is 2.06. The second kappa shape index (κ2) is 5.83. The molecule has 1 saturated carbocycles. The Bertz CT molecular complexity index is 502. The van der Waals surface area contributed by atoms with Crippen molar-refractivity contribution < 1.29 is 14.3 Å². The Kier molecular flexibility index (Phi) is 4.15. The highest BCUT2D eigenvalue weighted by Gasteiger charge is 2.27. The van der Waals surface area contributed by atoms with Gasteiger partial charge in [-0.2, -0.15) is 0 Å². The summed E-state index contributed by atoms with van der Waals surface area (Å²) < 4.78 is 5.12. The van der Waals surface area contributed by atoms with Gasteiger partial charge in [0, 0.05) is 12.0 Å². The lowest BCUT2D eigenvalue weighted by Crippen LogP contribution is -2.23. The number of esters is 1. The van der Waals surface area contributed by atoms with Crippen LogP contribution < -0.4 is 0 Å². The van der Waals surface area contributed by atoms with Gasteiger partial charge in [-0.05, 0) is 30.4 Å². The third-order valence-corrected chi connectivity index (χ3v) is 3.45. The lowest BCUT2D eigenvalue weighted by atomic mass is 9.79. The molecule has 1 aliphatic rings. The average Bonchev–Trinajstić information content (AvgIpc) is 2.38. The maximum absolute atomic E-state index is 11.9. The van der Waals surface area contributed by atoms with Crippen molar-refractivity contribution in [3.63, 3.8) is 0 Å². The molecular formula is C16H18O3. The first-order valence-electron chi connectivity index (χ1n) is 6.57. The number of rotatable bonds is 2. The fourth-order valence-electron chi connectivity index (χ4n) is 2.46. The maximum Gasteiger partial charge on any atom is 0.342 e. The Labute approximate surface area is 113 Å². The van der Waals surface area contributed by atoms with Gasteiger partial charge in [-0.1, -0.05) is 32.0 Å². The van der Waals surface area contributed by atoms with Crippen molar-refractivity contribution in [2.24, 2.45) is 11.8 Å². The normalized spacial score (nSPS) is 25.4. The molecule has 2 atom stereocenters. The maximum atomic E-state index is 11.9. The summed E-state index contributed by atoms with van der Waals surface area (Å²) in [6.45, 7) is 4.07. The van der Waals surface area contributed by atoms with Crippen LogP contribution in [0.15, 0.2) is 42.2 Å². The van der Waals surface area contributed by atoms with Crippen molar-refractivity contribution in [2.45, 2.75) is 26.7 Å². The number of benzene rings is 1. The molecule has 3 heteroatoms. The molecule has 0 amide bonds. The summed E-state index contributed by atoms with van der Waals surface area (Å²) in [6, 6.07) is 8.77. The van der Waals surface area contributed by atoms with Gasteiger partial charge >= 0.3 is 5.97 Å². The third kappa shape index (κ3) is 3.31. The summed E-state index contributed by atoms with van der Waals surface area (Å²) in [5, 5.41) is 0. The van der Waals surface area contributed by atoms with Crippen molar-refractivity contribution in [1.82, 2.24) is 0 Å². The molecule has 0 N–H and O–H groups in total. The predicted octanol–water partition coefficient (Wildman–Crippen LogP) is 3.36. The van der Waals surface area contributed by atoms with Crippen molar-refractivity contribution >= 4 is 11.8 Å². The van der Waals surface area contributed by atoms with Gasteiger partial charge in [-0.15, -0.1) is 0 Å². The molecular weight excluding hydrogens is 240 g/mol. The SMILES string of the molecule is CC1CC(=O)/C(=C/OC(=O)c2ccccc2)C(C)C1. The Morgan fingerprint density at radius 2 is 1.95 bits per heavy atom. The van der Waals surface area contributed by atoms with Crippen molar-refractivity contribution in [2.75, 3.05) is 0 Å². The molecule has 19 heavy (non-hydrogen) atoms. The zero-order valence-electron chi connectivity index (χ0n) is 11.3. The monoisotopic (exact) mass is 258 g/mol. The van der Waals surface area contributed by atoms with Crippen molar-refractivity contribution in [3.05, 3.63) is 47.7 Å². The summed E-state index contributed by atoms with van der Waals surface area (Å²) in [4.78, 5) is 23.7. The zero-order chi connectivity index (χ0) is 13.8. The minimum absolute atomic E-state index is 0.0899. The number of hydrogen-bond acceptors (Lipinski definition) is 3. The number of carbonyl (C=O) groups is 2. The second-order valence-electron chi connectivity index (χ2n) is 5.21. The first-order chi connectivity index (χ1) is 9.08. The van der Waals surface area contributed by atoms with E-state index in [2.05, 4.69) is 6.92 Å². The van der Waals surface area contributed by atoms with Crippen LogP contribution in [-0.2, 0) is 9.53 Å². The molecule has 0 spiro atoms. The molecule has 1 aromatic rings. The smallest absolute Gasteiger partial charge is 0.342 e. The highest BCUT2D eigenvalue weighted by Crippen LogP contribution is 2.30. The molecule has 2 rings (SSSR count). The van der Waals surface area contributed by atoms with Gasteiger partial charge in [0.05, 0.1) is 5.56 Å². The highest BCUT2D eigenvalue weighted by atomic mass is 16.5.